The molecule has 25 heavy (non-hydrogen) atoms. The zero-order chi connectivity index (χ0) is 18.6. The van der Waals surface area contributed by atoms with Crippen LogP contribution in [-0.4, -0.2) is 41.8 Å². The van der Waals surface area contributed by atoms with Gasteiger partial charge in [0.25, 0.3) is 11.1 Å². The quantitative estimate of drug-likeness (QED) is 0.535. The van der Waals surface area contributed by atoms with Crippen LogP contribution in [0.25, 0.3) is 6.08 Å². The summed E-state index contributed by atoms with van der Waals surface area (Å²) in [6, 6.07) is 4.73. The van der Waals surface area contributed by atoms with Crippen molar-refractivity contribution in [2.75, 3.05) is 13.7 Å². The summed E-state index contributed by atoms with van der Waals surface area (Å²) < 4.78 is 10.4. The molecular weight excluding hydrogens is 346 g/mol. The van der Waals surface area contributed by atoms with Gasteiger partial charge in [-0.2, -0.15) is 0 Å². The molecule has 0 saturated carbocycles. The first-order valence-corrected chi connectivity index (χ1v) is 8.10. The lowest BCUT2D eigenvalue weighted by atomic mass is 10.2. The third-order valence-corrected chi connectivity index (χ3v) is 4.21. The summed E-state index contributed by atoms with van der Waals surface area (Å²) in [6.45, 7) is 5.02. The summed E-state index contributed by atoms with van der Waals surface area (Å²) in [4.78, 5) is 36.2. The van der Waals surface area contributed by atoms with Gasteiger partial charge in [-0.05, 0) is 42.5 Å². The smallest absolute Gasteiger partial charge is 0.293 e. The highest BCUT2D eigenvalue weighted by Crippen LogP contribution is 2.34. The van der Waals surface area contributed by atoms with Gasteiger partial charge in [0.15, 0.2) is 11.5 Å². The second-order valence-corrected chi connectivity index (χ2v) is 6.06. The van der Waals surface area contributed by atoms with Gasteiger partial charge in [-0.15, -0.1) is 6.58 Å². The third-order valence-electron chi connectivity index (χ3n) is 3.31. The standard InChI is InChI=1S/C17H17NO6S/c1-4-7-18-15(19)14(25-17(18)22)9-11-5-6-12(13(8-11)23-3)24-10(2)16(20)21/h4-6,8-10H,1,7H2,2-3H3,(H,20,21)/p-1/b14-9+/t10-/m1/s1. The second kappa shape index (κ2) is 7.89. The highest BCUT2D eigenvalue weighted by molar-refractivity contribution is 8.18. The van der Waals surface area contributed by atoms with Crippen LogP contribution in [0.2, 0.25) is 0 Å². The minimum absolute atomic E-state index is 0.152. The molecule has 1 aliphatic heterocycles. The molecule has 1 fully saturated rings. The van der Waals surface area contributed by atoms with E-state index in [-0.39, 0.29) is 28.3 Å². The van der Waals surface area contributed by atoms with E-state index < -0.39 is 12.1 Å². The average molecular weight is 362 g/mol. The van der Waals surface area contributed by atoms with E-state index in [1.165, 1.54) is 26.2 Å². The Bertz CT molecular complexity index is 758. The van der Waals surface area contributed by atoms with Gasteiger partial charge in [-0.1, -0.05) is 12.1 Å². The average Bonchev–Trinajstić information content (AvgIpc) is 2.83. The van der Waals surface area contributed by atoms with Crippen molar-refractivity contribution in [2.24, 2.45) is 0 Å². The van der Waals surface area contributed by atoms with Crippen LogP contribution in [0, 0.1) is 0 Å². The third kappa shape index (κ3) is 4.21. The molecule has 0 aliphatic carbocycles. The van der Waals surface area contributed by atoms with E-state index in [0.29, 0.717) is 11.3 Å². The van der Waals surface area contributed by atoms with E-state index in [2.05, 4.69) is 6.58 Å². The molecule has 1 aliphatic rings. The SMILES string of the molecule is C=CCN1C(=O)S/C(=C/c2ccc(O[C@H](C)C(=O)[O-])c(OC)c2)C1=O. The molecule has 1 aromatic rings. The number of benzene rings is 1. The number of methoxy groups -OCH3 is 1. The Kier molecular flexibility index (Phi) is 5.87. The number of rotatable bonds is 7. The fraction of sp³-hybridized carbons (Fsp3) is 0.235. The Morgan fingerprint density at radius 2 is 2.12 bits per heavy atom. The number of hydrogen-bond donors (Lipinski definition) is 0. The summed E-state index contributed by atoms with van der Waals surface area (Å²) in [7, 11) is 1.41. The van der Waals surface area contributed by atoms with Crippen molar-refractivity contribution in [2.45, 2.75) is 13.0 Å². The molecule has 0 bridgehead atoms. The number of carbonyl (C=O) groups excluding carboxylic acids is 3. The number of nitrogens with zero attached hydrogens (tertiary/aromatic N) is 1. The molecular formula is C17H16NO6S-. The number of carbonyl (C=O) groups is 3. The van der Waals surface area contributed by atoms with E-state index >= 15 is 0 Å². The van der Waals surface area contributed by atoms with Gasteiger partial charge in [-0.3, -0.25) is 14.5 Å². The van der Waals surface area contributed by atoms with Crippen molar-refractivity contribution >= 4 is 35.0 Å². The minimum atomic E-state index is -1.35. The van der Waals surface area contributed by atoms with Gasteiger partial charge >= 0.3 is 0 Å². The Labute approximate surface area is 148 Å². The first-order valence-electron chi connectivity index (χ1n) is 7.29. The van der Waals surface area contributed by atoms with Gasteiger partial charge in [0.2, 0.25) is 0 Å². The number of amides is 2. The Balaban J connectivity index is 2.26. The van der Waals surface area contributed by atoms with Gasteiger partial charge in [-0.25, -0.2) is 0 Å². The zero-order valence-corrected chi connectivity index (χ0v) is 14.5. The van der Waals surface area contributed by atoms with Crippen LogP contribution in [0.4, 0.5) is 4.79 Å². The lowest BCUT2D eigenvalue weighted by Gasteiger charge is -2.17. The van der Waals surface area contributed by atoms with Crippen molar-refractivity contribution in [3.63, 3.8) is 0 Å². The number of ether oxygens (including phenoxy) is 2. The number of carboxylic acids is 1. The Morgan fingerprint density at radius 3 is 2.72 bits per heavy atom. The monoisotopic (exact) mass is 362 g/mol. The predicted molar refractivity (Wildman–Crippen MR) is 91.0 cm³/mol. The maximum Gasteiger partial charge on any atom is 0.293 e. The molecule has 2 amide bonds. The molecule has 1 heterocycles. The highest BCUT2D eigenvalue weighted by atomic mass is 32.2. The van der Waals surface area contributed by atoms with Crippen molar-refractivity contribution < 1.29 is 29.0 Å². The van der Waals surface area contributed by atoms with Crippen LogP contribution in [-0.2, 0) is 9.59 Å². The van der Waals surface area contributed by atoms with Gasteiger partial charge in [0.05, 0.1) is 18.0 Å². The summed E-state index contributed by atoms with van der Waals surface area (Å²) >= 11 is 0.842. The normalized spacial score (nSPS) is 16.9. The molecule has 8 heteroatoms. The summed E-state index contributed by atoms with van der Waals surface area (Å²) in [5.74, 6) is -1.20. The van der Waals surface area contributed by atoms with Crippen molar-refractivity contribution in [1.29, 1.82) is 0 Å². The van der Waals surface area contributed by atoms with Crippen LogP contribution in [0.15, 0.2) is 35.8 Å². The number of imide groups is 1. The molecule has 132 valence electrons. The lowest BCUT2D eigenvalue weighted by molar-refractivity contribution is -0.312. The topological polar surface area (TPSA) is 96.0 Å². The highest BCUT2D eigenvalue weighted by Gasteiger charge is 2.34. The fourth-order valence-corrected chi connectivity index (χ4v) is 2.90. The van der Waals surface area contributed by atoms with E-state index in [4.69, 9.17) is 9.47 Å². The van der Waals surface area contributed by atoms with E-state index in [9.17, 15) is 19.5 Å². The summed E-state index contributed by atoms with van der Waals surface area (Å²) in [5, 5.41) is 10.4. The molecule has 0 aromatic heterocycles. The zero-order valence-electron chi connectivity index (χ0n) is 13.7. The van der Waals surface area contributed by atoms with Gasteiger partial charge in [0.1, 0.15) is 6.10 Å². The fourth-order valence-electron chi connectivity index (χ4n) is 2.05. The van der Waals surface area contributed by atoms with Crippen LogP contribution < -0.4 is 14.6 Å². The Hall–Kier alpha value is -2.74. The summed E-state index contributed by atoms with van der Waals surface area (Å²) in [6.07, 6.45) is 1.89. The lowest BCUT2D eigenvalue weighted by Crippen LogP contribution is -2.37. The van der Waals surface area contributed by atoms with Crippen molar-refractivity contribution in [3.05, 3.63) is 41.3 Å². The molecule has 1 atom stereocenters. The van der Waals surface area contributed by atoms with E-state index in [1.54, 1.807) is 18.2 Å². The van der Waals surface area contributed by atoms with Crippen molar-refractivity contribution in [3.8, 4) is 11.5 Å². The molecule has 0 spiro atoms. The molecule has 7 nitrogen and oxygen atoms in total. The predicted octanol–water partition coefficient (Wildman–Crippen LogP) is 1.43. The van der Waals surface area contributed by atoms with Crippen LogP contribution in [0.1, 0.15) is 12.5 Å². The maximum atomic E-state index is 12.2. The van der Waals surface area contributed by atoms with E-state index in [0.717, 1.165) is 16.7 Å². The molecule has 1 aromatic carbocycles. The van der Waals surface area contributed by atoms with E-state index in [1.807, 2.05) is 0 Å². The van der Waals surface area contributed by atoms with Crippen LogP contribution >= 0.6 is 11.8 Å². The molecule has 2 rings (SSSR count). The maximum absolute atomic E-state index is 12.2. The van der Waals surface area contributed by atoms with Crippen molar-refractivity contribution in [1.82, 2.24) is 4.90 Å². The van der Waals surface area contributed by atoms with Gasteiger partial charge in [0, 0.05) is 6.54 Å². The molecule has 1 saturated heterocycles. The number of carboxylic acid groups (broad SMARTS) is 1. The second-order valence-electron chi connectivity index (χ2n) is 5.07. The largest absolute Gasteiger partial charge is 0.546 e. The number of thioether (sulfide) groups is 1. The first-order chi connectivity index (χ1) is 11.9. The molecule has 0 unspecified atom stereocenters. The first kappa shape index (κ1) is 18.6. The molecule has 0 radical (unpaired) electrons. The van der Waals surface area contributed by atoms with Crippen LogP contribution in [0.3, 0.4) is 0 Å². The number of aliphatic carboxylic acids is 1. The van der Waals surface area contributed by atoms with Crippen LogP contribution in [0.5, 0.6) is 11.5 Å². The van der Waals surface area contributed by atoms with Gasteiger partial charge < -0.3 is 19.4 Å². The Morgan fingerprint density at radius 1 is 1.40 bits per heavy atom. The summed E-state index contributed by atoms with van der Waals surface area (Å²) in [5.41, 5.74) is 0.606. The number of hydrogen-bond acceptors (Lipinski definition) is 7. The minimum Gasteiger partial charge on any atom is -0.546 e. The molecule has 0 N–H and O–H groups in total.